The number of rotatable bonds is 8. The number of hydrazone groups is 1. The lowest BCUT2D eigenvalue weighted by Gasteiger charge is -2.05. The van der Waals surface area contributed by atoms with Gasteiger partial charge in [0, 0.05) is 0 Å². The number of aromatic nitrogens is 2. The lowest BCUT2D eigenvalue weighted by Crippen LogP contribution is -2.19. The molecule has 1 amide bonds. The number of nitrogens with one attached hydrogen (secondary N) is 1. The second-order valence-corrected chi connectivity index (χ2v) is 5.69. The fourth-order valence-corrected chi connectivity index (χ4v) is 2.41. The SMILES string of the molecule is COc1cc(OC)nc(SCC(=O)NN=Cc2ccc(O)c(OC)c2)n1. The fraction of sp³-hybridized carbons (Fsp3) is 0.250. The number of benzene rings is 1. The van der Waals surface area contributed by atoms with Crippen molar-refractivity contribution in [1.82, 2.24) is 15.4 Å². The van der Waals surface area contributed by atoms with Gasteiger partial charge in [0.05, 0.1) is 39.4 Å². The molecular formula is C16H18N4O5S. The van der Waals surface area contributed by atoms with E-state index in [2.05, 4.69) is 20.5 Å². The number of hydrogen-bond donors (Lipinski definition) is 2. The van der Waals surface area contributed by atoms with Crippen molar-refractivity contribution in [3.8, 4) is 23.3 Å². The molecule has 1 aromatic carbocycles. The van der Waals surface area contributed by atoms with Gasteiger partial charge in [-0.25, -0.2) is 5.43 Å². The maximum absolute atomic E-state index is 11.9. The maximum Gasteiger partial charge on any atom is 0.250 e. The third kappa shape index (κ3) is 5.52. The van der Waals surface area contributed by atoms with Gasteiger partial charge in [0.1, 0.15) is 0 Å². The van der Waals surface area contributed by atoms with Gasteiger partial charge >= 0.3 is 0 Å². The first kappa shape index (κ1) is 19.3. The molecule has 0 saturated heterocycles. The van der Waals surface area contributed by atoms with Gasteiger partial charge in [0.25, 0.3) is 5.91 Å². The maximum atomic E-state index is 11.9. The Morgan fingerprint density at radius 2 is 1.88 bits per heavy atom. The molecule has 2 N–H and O–H groups in total. The van der Waals surface area contributed by atoms with Crippen molar-refractivity contribution in [2.75, 3.05) is 27.1 Å². The van der Waals surface area contributed by atoms with Crippen LogP contribution in [-0.2, 0) is 4.79 Å². The first-order valence-electron chi connectivity index (χ1n) is 7.34. The Balaban J connectivity index is 1.89. The number of methoxy groups -OCH3 is 3. The molecule has 26 heavy (non-hydrogen) atoms. The van der Waals surface area contributed by atoms with Crippen LogP contribution in [0, 0.1) is 0 Å². The van der Waals surface area contributed by atoms with Crippen LogP contribution in [0.1, 0.15) is 5.56 Å². The number of amides is 1. The summed E-state index contributed by atoms with van der Waals surface area (Å²) in [5.74, 6) is 0.770. The van der Waals surface area contributed by atoms with Crippen molar-refractivity contribution in [3.63, 3.8) is 0 Å². The number of hydrogen-bond acceptors (Lipinski definition) is 9. The van der Waals surface area contributed by atoms with Crippen molar-refractivity contribution >= 4 is 23.9 Å². The van der Waals surface area contributed by atoms with Gasteiger partial charge in [0.15, 0.2) is 16.7 Å². The number of phenols is 1. The van der Waals surface area contributed by atoms with Crippen LogP contribution >= 0.6 is 11.8 Å². The van der Waals surface area contributed by atoms with Gasteiger partial charge in [-0.1, -0.05) is 11.8 Å². The standard InChI is InChI=1S/C16H18N4O5S/c1-23-12-6-10(4-5-11(12)21)8-17-20-13(22)9-26-16-18-14(24-2)7-15(19-16)25-3/h4-8,21H,9H2,1-3H3,(H,20,22). The summed E-state index contributed by atoms with van der Waals surface area (Å²) in [7, 11) is 4.41. The smallest absolute Gasteiger partial charge is 0.250 e. The number of thioether (sulfide) groups is 1. The van der Waals surface area contributed by atoms with E-state index in [-0.39, 0.29) is 17.4 Å². The quantitative estimate of drug-likeness (QED) is 0.307. The second-order valence-electron chi connectivity index (χ2n) is 4.75. The van der Waals surface area contributed by atoms with Crippen molar-refractivity contribution in [3.05, 3.63) is 29.8 Å². The molecule has 0 atom stereocenters. The largest absolute Gasteiger partial charge is 0.504 e. The van der Waals surface area contributed by atoms with E-state index in [4.69, 9.17) is 14.2 Å². The lowest BCUT2D eigenvalue weighted by atomic mass is 10.2. The second kappa shape index (κ2) is 9.47. The highest BCUT2D eigenvalue weighted by Gasteiger charge is 2.09. The van der Waals surface area contributed by atoms with Gasteiger partial charge in [-0.2, -0.15) is 15.1 Å². The van der Waals surface area contributed by atoms with Crippen molar-refractivity contribution in [2.45, 2.75) is 5.16 Å². The van der Waals surface area contributed by atoms with Crippen LogP contribution in [0.4, 0.5) is 0 Å². The number of carbonyl (C=O) groups is 1. The van der Waals surface area contributed by atoms with Crippen LogP contribution in [0.2, 0.25) is 0 Å². The van der Waals surface area contributed by atoms with E-state index in [1.54, 1.807) is 18.2 Å². The van der Waals surface area contributed by atoms with Crippen LogP contribution in [0.5, 0.6) is 23.3 Å². The molecule has 0 aliphatic heterocycles. The third-order valence-electron chi connectivity index (χ3n) is 3.02. The summed E-state index contributed by atoms with van der Waals surface area (Å²) in [5, 5.41) is 13.7. The first-order chi connectivity index (χ1) is 12.5. The monoisotopic (exact) mass is 378 g/mol. The molecule has 138 valence electrons. The third-order valence-corrected chi connectivity index (χ3v) is 3.86. The Morgan fingerprint density at radius 3 is 2.50 bits per heavy atom. The molecule has 1 heterocycles. The molecule has 1 aromatic heterocycles. The van der Waals surface area contributed by atoms with Crippen LogP contribution in [0.3, 0.4) is 0 Å². The van der Waals surface area contributed by atoms with E-state index >= 15 is 0 Å². The zero-order valence-electron chi connectivity index (χ0n) is 14.4. The van der Waals surface area contributed by atoms with Crippen LogP contribution in [0.25, 0.3) is 0 Å². The van der Waals surface area contributed by atoms with E-state index in [0.29, 0.717) is 28.2 Å². The minimum Gasteiger partial charge on any atom is -0.504 e. The summed E-state index contributed by atoms with van der Waals surface area (Å²) >= 11 is 1.12. The molecule has 9 nitrogen and oxygen atoms in total. The van der Waals surface area contributed by atoms with E-state index in [1.165, 1.54) is 33.6 Å². The molecule has 0 radical (unpaired) electrons. The van der Waals surface area contributed by atoms with E-state index in [0.717, 1.165) is 11.8 Å². The summed E-state index contributed by atoms with van der Waals surface area (Å²) < 4.78 is 15.1. The minimum atomic E-state index is -0.331. The van der Waals surface area contributed by atoms with Gasteiger partial charge in [-0.15, -0.1) is 0 Å². The Hall–Kier alpha value is -3.01. The zero-order valence-corrected chi connectivity index (χ0v) is 15.2. The Kier molecular flexibility index (Phi) is 7.03. The summed E-state index contributed by atoms with van der Waals surface area (Å²) in [6.45, 7) is 0. The van der Waals surface area contributed by atoms with E-state index in [9.17, 15) is 9.90 Å². The predicted molar refractivity (Wildman–Crippen MR) is 96.3 cm³/mol. The summed E-state index contributed by atoms with van der Waals surface area (Å²) in [5.41, 5.74) is 3.06. The van der Waals surface area contributed by atoms with Crippen LogP contribution in [-0.4, -0.2) is 54.3 Å². The zero-order chi connectivity index (χ0) is 18.9. The van der Waals surface area contributed by atoms with Gasteiger partial charge in [-0.05, 0) is 23.8 Å². The van der Waals surface area contributed by atoms with Gasteiger partial charge in [-0.3, -0.25) is 4.79 Å². The Morgan fingerprint density at radius 1 is 1.19 bits per heavy atom. The van der Waals surface area contributed by atoms with E-state index < -0.39 is 0 Å². The van der Waals surface area contributed by atoms with Crippen molar-refractivity contribution in [2.24, 2.45) is 5.10 Å². The number of aromatic hydroxyl groups is 1. The topological polar surface area (TPSA) is 115 Å². The molecule has 0 aliphatic rings. The molecule has 0 saturated carbocycles. The average molecular weight is 378 g/mol. The Bertz CT molecular complexity index is 778. The van der Waals surface area contributed by atoms with Crippen molar-refractivity contribution < 1.29 is 24.1 Å². The molecule has 2 aromatic rings. The number of phenolic OH excluding ortho intramolecular Hbond substituents is 1. The molecule has 0 aliphatic carbocycles. The number of ether oxygens (including phenoxy) is 3. The number of nitrogens with zero attached hydrogens (tertiary/aromatic N) is 3. The summed E-state index contributed by atoms with van der Waals surface area (Å²) in [6, 6.07) is 6.25. The van der Waals surface area contributed by atoms with Crippen molar-refractivity contribution in [1.29, 1.82) is 0 Å². The molecule has 2 rings (SSSR count). The molecule has 0 unspecified atom stereocenters. The molecular weight excluding hydrogens is 360 g/mol. The predicted octanol–water partition coefficient (Wildman–Crippen LogP) is 1.45. The Labute approximate surface area is 154 Å². The molecule has 0 spiro atoms. The lowest BCUT2D eigenvalue weighted by molar-refractivity contribution is -0.118. The normalized spacial score (nSPS) is 10.6. The van der Waals surface area contributed by atoms with Gasteiger partial charge in [0.2, 0.25) is 11.8 Å². The van der Waals surface area contributed by atoms with E-state index in [1.807, 2.05) is 0 Å². The molecule has 10 heteroatoms. The fourth-order valence-electron chi connectivity index (χ4n) is 1.77. The minimum absolute atomic E-state index is 0.0267. The molecule has 0 fully saturated rings. The summed E-state index contributed by atoms with van der Waals surface area (Å²) in [4.78, 5) is 20.1. The number of carbonyl (C=O) groups excluding carboxylic acids is 1. The van der Waals surface area contributed by atoms with Crippen LogP contribution < -0.4 is 19.6 Å². The first-order valence-corrected chi connectivity index (χ1v) is 8.33. The van der Waals surface area contributed by atoms with Gasteiger partial charge < -0.3 is 19.3 Å². The average Bonchev–Trinajstić information content (AvgIpc) is 2.67. The van der Waals surface area contributed by atoms with Crippen LogP contribution in [0.15, 0.2) is 34.5 Å². The highest BCUT2D eigenvalue weighted by atomic mass is 32.2. The highest BCUT2D eigenvalue weighted by Crippen LogP contribution is 2.25. The summed E-state index contributed by atoms with van der Waals surface area (Å²) in [6.07, 6.45) is 1.44. The highest BCUT2D eigenvalue weighted by molar-refractivity contribution is 7.99. The molecule has 0 bridgehead atoms.